The predicted molar refractivity (Wildman–Crippen MR) is 72.1 cm³/mol. The maximum absolute atomic E-state index is 13.5. The van der Waals surface area contributed by atoms with Crippen LogP contribution in [0.1, 0.15) is 18.4 Å². The zero-order valence-corrected chi connectivity index (χ0v) is 12.0. The zero-order chi connectivity index (χ0) is 14.8. The number of halogens is 1. The van der Waals surface area contributed by atoms with Crippen molar-refractivity contribution in [3.8, 4) is 0 Å². The molecule has 2 N–H and O–H groups in total. The Morgan fingerprint density at radius 2 is 2.05 bits per heavy atom. The number of aryl methyl sites for hydroxylation is 1. The van der Waals surface area contributed by atoms with E-state index >= 15 is 0 Å². The van der Waals surface area contributed by atoms with E-state index in [9.17, 15) is 17.6 Å². The molecule has 2 rings (SSSR count). The molecule has 1 amide bonds. The Hall–Kier alpha value is -1.47. The zero-order valence-electron chi connectivity index (χ0n) is 11.1. The minimum absolute atomic E-state index is 0.0359. The Balaban J connectivity index is 1.90. The highest BCUT2D eigenvalue weighted by molar-refractivity contribution is 7.89. The maximum Gasteiger partial charge on any atom is 0.243 e. The molecule has 1 aliphatic carbocycles. The van der Waals surface area contributed by atoms with Gasteiger partial charge in [-0.2, -0.15) is 0 Å². The third kappa shape index (κ3) is 3.77. The molecule has 0 bridgehead atoms. The van der Waals surface area contributed by atoms with Gasteiger partial charge in [0.15, 0.2) is 0 Å². The SMILES string of the molecule is Cc1ccc(F)c(S(=O)(=O)NCCNC(=O)C2CC2)c1. The highest BCUT2D eigenvalue weighted by Gasteiger charge is 2.29. The van der Waals surface area contributed by atoms with E-state index in [-0.39, 0.29) is 29.8 Å². The lowest BCUT2D eigenvalue weighted by Crippen LogP contribution is -2.35. The summed E-state index contributed by atoms with van der Waals surface area (Å²) in [4.78, 5) is 11.0. The van der Waals surface area contributed by atoms with Gasteiger partial charge in [-0.05, 0) is 37.5 Å². The molecule has 0 aliphatic heterocycles. The largest absolute Gasteiger partial charge is 0.355 e. The van der Waals surface area contributed by atoms with Crippen LogP contribution < -0.4 is 10.0 Å². The number of carbonyl (C=O) groups excluding carboxylic acids is 1. The molecule has 0 atom stereocenters. The van der Waals surface area contributed by atoms with Crippen LogP contribution in [0.25, 0.3) is 0 Å². The predicted octanol–water partition coefficient (Wildman–Crippen LogP) is 0.939. The molecule has 1 aromatic rings. The second-order valence-electron chi connectivity index (χ2n) is 4.90. The molecular formula is C13H17FN2O3S. The van der Waals surface area contributed by atoms with Gasteiger partial charge in [0.1, 0.15) is 10.7 Å². The minimum Gasteiger partial charge on any atom is -0.355 e. The van der Waals surface area contributed by atoms with Gasteiger partial charge >= 0.3 is 0 Å². The highest BCUT2D eigenvalue weighted by atomic mass is 32.2. The van der Waals surface area contributed by atoms with Gasteiger partial charge in [-0.25, -0.2) is 17.5 Å². The van der Waals surface area contributed by atoms with Gasteiger partial charge < -0.3 is 5.32 Å². The number of sulfonamides is 1. The summed E-state index contributed by atoms with van der Waals surface area (Å²) in [5.74, 6) is -0.753. The maximum atomic E-state index is 13.5. The van der Waals surface area contributed by atoms with Crippen LogP contribution in [0.4, 0.5) is 4.39 Å². The van der Waals surface area contributed by atoms with Crippen molar-refractivity contribution >= 4 is 15.9 Å². The Morgan fingerprint density at radius 1 is 1.35 bits per heavy atom. The molecule has 0 heterocycles. The van der Waals surface area contributed by atoms with E-state index < -0.39 is 15.8 Å². The molecule has 1 fully saturated rings. The van der Waals surface area contributed by atoms with E-state index in [1.165, 1.54) is 12.1 Å². The van der Waals surface area contributed by atoms with E-state index in [2.05, 4.69) is 10.0 Å². The van der Waals surface area contributed by atoms with Crippen molar-refractivity contribution in [1.82, 2.24) is 10.0 Å². The number of hydrogen-bond acceptors (Lipinski definition) is 3. The van der Waals surface area contributed by atoms with Gasteiger partial charge in [0.2, 0.25) is 15.9 Å². The molecular weight excluding hydrogens is 283 g/mol. The summed E-state index contributed by atoms with van der Waals surface area (Å²) in [6, 6.07) is 3.91. The number of hydrogen-bond donors (Lipinski definition) is 2. The van der Waals surface area contributed by atoms with Crippen molar-refractivity contribution in [3.63, 3.8) is 0 Å². The van der Waals surface area contributed by atoms with Crippen molar-refractivity contribution in [2.75, 3.05) is 13.1 Å². The standard InChI is InChI=1S/C13H17FN2O3S/c1-9-2-5-11(14)12(8-9)20(18,19)16-7-6-15-13(17)10-3-4-10/h2,5,8,10,16H,3-4,6-7H2,1H3,(H,15,17). The fourth-order valence-electron chi connectivity index (χ4n) is 1.76. The Kier molecular flexibility index (Phi) is 4.39. The summed E-state index contributed by atoms with van der Waals surface area (Å²) in [5.41, 5.74) is 0.661. The Morgan fingerprint density at radius 3 is 2.70 bits per heavy atom. The summed E-state index contributed by atoms with van der Waals surface area (Å²) in [6.45, 7) is 1.92. The summed E-state index contributed by atoms with van der Waals surface area (Å²) < 4.78 is 39.7. The van der Waals surface area contributed by atoms with Gasteiger partial charge in [0.05, 0.1) is 0 Å². The summed E-state index contributed by atoms with van der Waals surface area (Å²) in [5, 5.41) is 2.64. The average Bonchev–Trinajstić information content (AvgIpc) is 3.21. The van der Waals surface area contributed by atoms with Crippen LogP contribution in [0.5, 0.6) is 0 Å². The van der Waals surface area contributed by atoms with E-state index in [1.807, 2.05) is 0 Å². The molecule has 20 heavy (non-hydrogen) atoms. The van der Waals surface area contributed by atoms with E-state index in [0.717, 1.165) is 18.9 Å². The van der Waals surface area contributed by atoms with Crippen molar-refractivity contribution < 1.29 is 17.6 Å². The first-order valence-corrected chi connectivity index (χ1v) is 7.92. The van der Waals surface area contributed by atoms with Crippen LogP contribution in [0.2, 0.25) is 0 Å². The van der Waals surface area contributed by atoms with Crippen LogP contribution in [0, 0.1) is 18.7 Å². The minimum atomic E-state index is -3.89. The number of amides is 1. The number of nitrogens with one attached hydrogen (secondary N) is 2. The van der Waals surface area contributed by atoms with Gasteiger partial charge in [-0.15, -0.1) is 0 Å². The second-order valence-corrected chi connectivity index (χ2v) is 6.63. The van der Waals surface area contributed by atoms with Crippen LogP contribution in [0.15, 0.2) is 23.1 Å². The van der Waals surface area contributed by atoms with Crippen molar-refractivity contribution in [1.29, 1.82) is 0 Å². The van der Waals surface area contributed by atoms with E-state index in [4.69, 9.17) is 0 Å². The lowest BCUT2D eigenvalue weighted by molar-refractivity contribution is -0.122. The highest BCUT2D eigenvalue weighted by Crippen LogP contribution is 2.28. The quantitative estimate of drug-likeness (QED) is 0.768. The van der Waals surface area contributed by atoms with Gasteiger partial charge in [-0.1, -0.05) is 6.07 Å². The number of rotatable bonds is 6. The van der Waals surface area contributed by atoms with Gasteiger partial charge in [0, 0.05) is 19.0 Å². The Labute approximate surface area is 117 Å². The van der Waals surface area contributed by atoms with Gasteiger partial charge in [-0.3, -0.25) is 4.79 Å². The first-order valence-electron chi connectivity index (χ1n) is 6.44. The molecule has 1 aliphatic rings. The summed E-state index contributed by atoms with van der Waals surface area (Å²) >= 11 is 0. The molecule has 5 nitrogen and oxygen atoms in total. The van der Waals surface area contributed by atoms with Crippen LogP contribution in [-0.2, 0) is 14.8 Å². The van der Waals surface area contributed by atoms with E-state index in [0.29, 0.717) is 5.56 Å². The van der Waals surface area contributed by atoms with Crippen LogP contribution in [0.3, 0.4) is 0 Å². The molecule has 0 aromatic heterocycles. The lowest BCUT2D eigenvalue weighted by Gasteiger charge is -2.09. The third-order valence-electron chi connectivity index (χ3n) is 3.04. The molecule has 7 heteroatoms. The van der Waals surface area contributed by atoms with Crippen molar-refractivity contribution in [2.45, 2.75) is 24.7 Å². The summed E-state index contributed by atoms with van der Waals surface area (Å²) in [6.07, 6.45) is 1.79. The first kappa shape index (κ1) is 14.9. The fourth-order valence-corrected chi connectivity index (χ4v) is 2.95. The summed E-state index contributed by atoms with van der Waals surface area (Å²) in [7, 11) is -3.89. The van der Waals surface area contributed by atoms with Gasteiger partial charge in [0.25, 0.3) is 0 Å². The lowest BCUT2D eigenvalue weighted by atomic mass is 10.2. The monoisotopic (exact) mass is 300 g/mol. The molecule has 0 radical (unpaired) electrons. The smallest absolute Gasteiger partial charge is 0.243 e. The molecule has 0 spiro atoms. The van der Waals surface area contributed by atoms with Crippen molar-refractivity contribution in [3.05, 3.63) is 29.6 Å². The fraction of sp³-hybridized carbons (Fsp3) is 0.462. The van der Waals surface area contributed by atoms with Crippen LogP contribution in [-0.4, -0.2) is 27.4 Å². The number of benzene rings is 1. The molecule has 110 valence electrons. The average molecular weight is 300 g/mol. The third-order valence-corrected chi connectivity index (χ3v) is 4.52. The first-order chi connectivity index (χ1) is 9.40. The van der Waals surface area contributed by atoms with Crippen LogP contribution >= 0.6 is 0 Å². The normalized spacial score (nSPS) is 15.1. The van der Waals surface area contributed by atoms with Crippen molar-refractivity contribution in [2.24, 2.45) is 5.92 Å². The second kappa shape index (κ2) is 5.88. The molecule has 0 unspecified atom stereocenters. The topological polar surface area (TPSA) is 75.3 Å². The molecule has 0 saturated heterocycles. The number of carbonyl (C=O) groups is 1. The van der Waals surface area contributed by atoms with E-state index in [1.54, 1.807) is 6.92 Å². The molecule has 1 aromatic carbocycles. The Bertz CT molecular complexity index is 612. The molecule has 1 saturated carbocycles.